The zero-order chi connectivity index (χ0) is 8.23. The third-order valence-electron chi connectivity index (χ3n) is 2.78. The first kappa shape index (κ1) is 8.27. The van der Waals surface area contributed by atoms with Gasteiger partial charge in [0.05, 0.1) is 0 Å². The van der Waals surface area contributed by atoms with Gasteiger partial charge in [-0.25, -0.2) is 9.78 Å². The molecule has 1 heterocycles. The van der Waals surface area contributed by atoms with Crippen LogP contribution in [0, 0.1) is 5.92 Å². The predicted molar refractivity (Wildman–Crippen MR) is 46.5 cm³/mol. The van der Waals surface area contributed by atoms with Gasteiger partial charge in [-0.3, -0.25) is 0 Å². The molecule has 0 aromatic rings. The Kier molecular flexibility index (Phi) is 2.79. The maximum absolute atomic E-state index is 5.23. The molecule has 0 spiro atoms. The van der Waals surface area contributed by atoms with Crippen molar-refractivity contribution in [2.45, 2.75) is 38.2 Å². The molecular weight excluding hydrogens is 152 g/mol. The van der Waals surface area contributed by atoms with Crippen molar-refractivity contribution in [2.24, 2.45) is 5.92 Å². The molecule has 0 aromatic heterocycles. The summed E-state index contributed by atoms with van der Waals surface area (Å²) in [6.45, 7) is 0.614. The highest BCUT2D eigenvalue weighted by atomic mass is 17.2. The second kappa shape index (κ2) is 4.06. The van der Waals surface area contributed by atoms with Crippen LogP contribution in [-0.4, -0.2) is 12.7 Å². The van der Waals surface area contributed by atoms with Crippen molar-refractivity contribution in [3.8, 4) is 0 Å². The third-order valence-corrected chi connectivity index (χ3v) is 2.78. The van der Waals surface area contributed by atoms with E-state index in [4.69, 9.17) is 9.78 Å². The van der Waals surface area contributed by atoms with Crippen LogP contribution < -0.4 is 0 Å². The Morgan fingerprint density at radius 1 is 1.08 bits per heavy atom. The lowest BCUT2D eigenvalue weighted by Crippen LogP contribution is -2.26. The number of hydrogen-bond donors (Lipinski definition) is 0. The maximum Gasteiger partial charge on any atom is 0.114 e. The Balaban J connectivity index is 1.88. The van der Waals surface area contributed by atoms with Gasteiger partial charge in [0.25, 0.3) is 0 Å². The summed E-state index contributed by atoms with van der Waals surface area (Å²) in [7, 11) is 0. The van der Waals surface area contributed by atoms with Crippen LogP contribution in [0.2, 0.25) is 0 Å². The van der Waals surface area contributed by atoms with Crippen molar-refractivity contribution in [1.29, 1.82) is 0 Å². The van der Waals surface area contributed by atoms with E-state index < -0.39 is 0 Å². The smallest absolute Gasteiger partial charge is 0.114 e. The quantitative estimate of drug-likeness (QED) is 0.442. The van der Waals surface area contributed by atoms with Crippen molar-refractivity contribution < 1.29 is 9.78 Å². The molecule has 2 rings (SSSR count). The molecule has 1 fully saturated rings. The summed E-state index contributed by atoms with van der Waals surface area (Å²) in [5, 5.41) is 0. The fourth-order valence-electron chi connectivity index (χ4n) is 2.08. The fourth-order valence-corrected chi connectivity index (χ4v) is 2.08. The lowest BCUT2D eigenvalue weighted by atomic mass is 9.85. The van der Waals surface area contributed by atoms with Gasteiger partial charge in [-0.15, -0.1) is 0 Å². The minimum absolute atomic E-state index is 0.235. The van der Waals surface area contributed by atoms with E-state index in [0.717, 1.165) is 0 Å². The first-order valence-corrected chi connectivity index (χ1v) is 4.92. The second-order valence-electron chi connectivity index (χ2n) is 3.67. The van der Waals surface area contributed by atoms with Gasteiger partial charge in [0.15, 0.2) is 0 Å². The SMILES string of the molecule is C1=C[C@@H](C2CCCCC2)OOC1. The van der Waals surface area contributed by atoms with E-state index in [1.54, 1.807) is 0 Å². The van der Waals surface area contributed by atoms with E-state index >= 15 is 0 Å². The summed E-state index contributed by atoms with van der Waals surface area (Å²) in [4.78, 5) is 10.2. The lowest BCUT2D eigenvalue weighted by molar-refractivity contribution is -0.323. The first-order chi connectivity index (χ1) is 5.97. The highest BCUT2D eigenvalue weighted by Crippen LogP contribution is 2.29. The molecule has 0 saturated heterocycles. The Labute approximate surface area is 73.5 Å². The molecule has 0 aromatic carbocycles. The standard InChI is InChI=1S/C10H16O2/c1-2-5-9(6-3-1)10-7-4-8-11-12-10/h4,7,9-10H,1-3,5-6,8H2/t10-/m0/s1. The van der Waals surface area contributed by atoms with E-state index in [0.29, 0.717) is 12.5 Å². The molecule has 0 radical (unpaired) electrons. The number of hydrogen-bond acceptors (Lipinski definition) is 2. The van der Waals surface area contributed by atoms with Gasteiger partial charge in [0.2, 0.25) is 0 Å². The summed E-state index contributed by atoms with van der Waals surface area (Å²) in [6.07, 6.45) is 11.2. The summed E-state index contributed by atoms with van der Waals surface area (Å²) in [5.41, 5.74) is 0. The van der Waals surface area contributed by atoms with Crippen LogP contribution in [-0.2, 0) is 9.78 Å². The lowest BCUT2D eigenvalue weighted by Gasteiger charge is -2.28. The summed E-state index contributed by atoms with van der Waals surface area (Å²) < 4.78 is 0. The molecule has 0 bridgehead atoms. The predicted octanol–water partition coefficient (Wildman–Crippen LogP) is 2.45. The van der Waals surface area contributed by atoms with E-state index in [1.165, 1.54) is 32.1 Å². The van der Waals surface area contributed by atoms with Gasteiger partial charge < -0.3 is 0 Å². The van der Waals surface area contributed by atoms with Gasteiger partial charge >= 0.3 is 0 Å². The average Bonchev–Trinajstić information content (AvgIpc) is 2.21. The second-order valence-corrected chi connectivity index (χ2v) is 3.67. The molecule has 68 valence electrons. The normalized spacial score (nSPS) is 32.2. The first-order valence-electron chi connectivity index (χ1n) is 4.92. The van der Waals surface area contributed by atoms with Crippen LogP contribution >= 0.6 is 0 Å². The van der Waals surface area contributed by atoms with E-state index in [-0.39, 0.29) is 6.10 Å². The van der Waals surface area contributed by atoms with Crippen LogP contribution in [0.3, 0.4) is 0 Å². The van der Waals surface area contributed by atoms with Gasteiger partial charge in [0.1, 0.15) is 12.7 Å². The molecule has 2 aliphatic rings. The van der Waals surface area contributed by atoms with Crippen molar-refractivity contribution in [1.82, 2.24) is 0 Å². The molecular formula is C10H16O2. The Bertz CT molecular complexity index is 159. The summed E-state index contributed by atoms with van der Waals surface area (Å²) in [5.74, 6) is 0.704. The topological polar surface area (TPSA) is 18.5 Å². The van der Waals surface area contributed by atoms with Crippen LogP contribution in [0.25, 0.3) is 0 Å². The minimum atomic E-state index is 0.235. The molecule has 2 heteroatoms. The highest BCUT2D eigenvalue weighted by Gasteiger charge is 2.24. The van der Waals surface area contributed by atoms with Crippen molar-refractivity contribution >= 4 is 0 Å². The Morgan fingerprint density at radius 2 is 1.92 bits per heavy atom. The molecule has 1 aliphatic carbocycles. The van der Waals surface area contributed by atoms with Gasteiger partial charge in [-0.2, -0.15) is 0 Å². The molecule has 1 aliphatic heterocycles. The van der Waals surface area contributed by atoms with Crippen molar-refractivity contribution in [3.63, 3.8) is 0 Å². The van der Waals surface area contributed by atoms with Crippen LogP contribution in [0.1, 0.15) is 32.1 Å². The fraction of sp³-hybridized carbons (Fsp3) is 0.800. The van der Waals surface area contributed by atoms with Crippen LogP contribution in [0.4, 0.5) is 0 Å². The van der Waals surface area contributed by atoms with E-state index in [2.05, 4.69) is 12.2 Å². The zero-order valence-corrected chi connectivity index (χ0v) is 7.37. The monoisotopic (exact) mass is 168 g/mol. The molecule has 1 saturated carbocycles. The van der Waals surface area contributed by atoms with Crippen molar-refractivity contribution in [2.75, 3.05) is 6.61 Å². The molecule has 0 N–H and O–H groups in total. The largest absolute Gasteiger partial charge is 0.232 e. The van der Waals surface area contributed by atoms with Gasteiger partial charge in [-0.05, 0) is 18.8 Å². The summed E-state index contributed by atoms with van der Waals surface area (Å²) in [6, 6.07) is 0. The molecule has 1 atom stereocenters. The zero-order valence-electron chi connectivity index (χ0n) is 7.37. The van der Waals surface area contributed by atoms with Gasteiger partial charge in [-0.1, -0.05) is 31.4 Å². The molecule has 2 nitrogen and oxygen atoms in total. The maximum atomic E-state index is 5.23. The highest BCUT2D eigenvalue weighted by molar-refractivity contribution is 4.95. The number of rotatable bonds is 1. The average molecular weight is 168 g/mol. The van der Waals surface area contributed by atoms with Crippen molar-refractivity contribution in [3.05, 3.63) is 12.2 Å². The third kappa shape index (κ3) is 1.87. The summed E-state index contributed by atoms with van der Waals surface area (Å²) >= 11 is 0. The molecule has 0 amide bonds. The Hall–Kier alpha value is -0.340. The van der Waals surface area contributed by atoms with Gasteiger partial charge in [0, 0.05) is 0 Å². The van der Waals surface area contributed by atoms with Crippen LogP contribution in [0.5, 0.6) is 0 Å². The molecule has 0 unspecified atom stereocenters. The van der Waals surface area contributed by atoms with E-state index in [1.807, 2.05) is 0 Å². The van der Waals surface area contributed by atoms with E-state index in [9.17, 15) is 0 Å². The minimum Gasteiger partial charge on any atom is -0.232 e. The Morgan fingerprint density at radius 3 is 2.58 bits per heavy atom. The van der Waals surface area contributed by atoms with Crippen LogP contribution in [0.15, 0.2) is 12.2 Å². The molecule has 12 heavy (non-hydrogen) atoms.